The maximum absolute atomic E-state index is 4.61. The molecule has 0 bridgehead atoms. The maximum Gasteiger partial charge on any atom is 0.154 e. The van der Waals surface area contributed by atoms with Crippen molar-refractivity contribution in [2.75, 3.05) is 32.7 Å². The van der Waals surface area contributed by atoms with Gasteiger partial charge in [0.15, 0.2) is 5.82 Å². The Morgan fingerprint density at radius 3 is 1.72 bits per heavy atom. The van der Waals surface area contributed by atoms with Crippen molar-refractivity contribution in [2.45, 2.75) is 12.0 Å². The molecule has 1 fully saturated rings. The van der Waals surface area contributed by atoms with Gasteiger partial charge in [-0.05, 0) is 27.1 Å². The first-order chi connectivity index (χ1) is 15.9. The van der Waals surface area contributed by atoms with Crippen molar-refractivity contribution in [3.8, 4) is 0 Å². The summed E-state index contributed by atoms with van der Waals surface area (Å²) in [5.41, 5.74) is 2.74. The lowest BCUT2D eigenvalue weighted by molar-refractivity contribution is 0.240. The minimum absolute atomic E-state index is 0.661. The second-order valence-corrected chi connectivity index (χ2v) is 8.16. The molecule has 32 heavy (non-hydrogen) atoms. The van der Waals surface area contributed by atoms with Gasteiger partial charge >= 0.3 is 0 Å². The molecule has 1 aliphatic rings. The van der Waals surface area contributed by atoms with Crippen LogP contribution in [0.3, 0.4) is 0 Å². The van der Waals surface area contributed by atoms with Gasteiger partial charge in [-0.25, -0.2) is 4.68 Å². The Bertz CT molecular complexity index is 1010. The molecule has 2 heterocycles. The van der Waals surface area contributed by atoms with E-state index in [2.05, 4.69) is 117 Å². The highest BCUT2D eigenvalue weighted by molar-refractivity contribution is 5.50. The zero-order chi connectivity index (χ0) is 21.6. The van der Waals surface area contributed by atoms with Crippen LogP contribution in [0, 0.1) is 0 Å². The molecule has 1 N–H and O–H groups in total. The Morgan fingerprint density at radius 1 is 0.719 bits per heavy atom. The van der Waals surface area contributed by atoms with Crippen LogP contribution in [0.1, 0.15) is 22.5 Å². The SMILES string of the molecule is c1ccc(C(c2ccccc2)(c2ccccc2)n2nnnc2CCN2CCNCC2)cc1. The molecule has 5 rings (SSSR count). The van der Waals surface area contributed by atoms with E-state index in [1.165, 1.54) is 0 Å². The van der Waals surface area contributed by atoms with Crippen LogP contribution in [0.4, 0.5) is 0 Å². The van der Waals surface area contributed by atoms with Crippen LogP contribution in [0.15, 0.2) is 91.0 Å². The van der Waals surface area contributed by atoms with Crippen LogP contribution in [-0.2, 0) is 12.0 Å². The Kier molecular flexibility index (Phi) is 6.05. The summed E-state index contributed by atoms with van der Waals surface area (Å²) >= 11 is 0. The Morgan fingerprint density at radius 2 is 1.22 bits per heavy atom. The lowest BCUT2D eigenvalue weighted by Crippen LogP contribution is -2.45. The summed E-state index contributed by atoms with van der Waals surface area (Å²) in [4.78, 5) is 2.48. The van der Waals surface area contributed by atoms with Crippen molar-refractivity contribution >= 4 is 0 Å². The van der Waals surface area contributed by atoms with E-state index in [9.17, 15) is 0 Å². The predicted octanol–water partition coefficient (Wildman–Crippen LogP) is 2.96. The largest absolute Gasteiger partial charge is 0.314 e. The van der Waals surface area contributed by atoms with Crippen LogP contribution in [0.5, 0.6) is 0 Å². The number of nitrogens with one attached hydrogen (secondary N) is 1. The van der Waals surface area contributed by atoms with Crippen LogP contribution in [0.25, 0.3) is 0 Å². The lowest BCUT2D eigenvalue weighted by Gasteiger charge is -2.36. The highest BCUT2D eigenvalue weighted by atomic mass is 15.6. The molecule has 0 atom stereocenters. The first kappa shape index (κ1) is 20.5. The number of tetrazole rings is 1. The Labute approximate surface area is 188 Å². The second kappa shape index (κ2) is 9.42. The van der Waals surface area contributed by atoms with E-state index in [-0.39, 0.29) is 0 Å². The Balaban J connectivity index is 1.67. The lowest BCUT2D eigenvalue weighted by atomic mass is 9.77. The molecular formula is C26H28N6. The number of hydrogen-bond acceptors (Lipinski definition) is 5. The van der Waals surface area contributed by atoms with E-state index in [4.69, 9.17) is 0 Å². The molecule has 0 radical (unpaired) electrons. The summed E-state index contributed by atoms with van der Waals surface area (Å²) in [6.45, 7) is 5.13. The normalized spacial score (nSPS) is 15.0. The number of hydrogen-bond donors (Lipinski definition) is 1. The zero-order valence-corrected chi connectivity index (χ0v) is 18.1. The van der Waals surface area contributed by atoms with E-state index < -0.39 is 5.54 Å². The molecule has 1 saturated heterocycles. The summed E-state index contributed by atoms with van der Waals surface area (Å²) in [5.74, 6) is 0.889. The third-order valence-electron chi connectivity index (χ3n) is 6.29. The minimum atomic E-state index is -0.661. The van der Waals surface area contributed by atoms with Crippen molar-refractivity contribution in [1.82, 2.24) is 30.4 Å². The standard InChI is InChI=1S/C26H28N6/c1-4-10-22(11-5-1)26(23-12-6-2-7-13-23,24-14-8-3-9-15-24)32-25(28-29-30-32)16-19-31-20-17-27-18-21-31/h1-15,27H,16-21H2. The smallest absolute Gasteiger partial charge is 0.154 e. The average Bonchev–Trinajstić information content (AvgIpc) is 3.35. The van der Waals surface area contributed by atoms with Gasteiger partial charge in [-0.1, -0.05) is 91.0 Å². The van der Waals surface area contributed by atoms with Crippen molar-refractivity contribution in [3.63, 3.8) is 0 Å². The molecule has 0 amide bonds. The maximum atomic E-state index is 4.61. The van der Waals surface area contributed by atoms with E-state index in [1.54, 1.807) is 0 Å². The molecule has 162 valence electrons. The van der Waals surface area contributed by atoms with Gasteiger partial charge in [0.25, 0.3) is 0 Å². The van der Waals surface area contributed by atoms with Gasteiger partial charge in [0, 0.05) is 39.1 Å². The first-order valence-electron chi connectivity index (χ1n) is 11.3. The van der Waals surface area contributed by atoms with Crippen LogP contribution < -0.4 is 5.32 Å². The molecule has 3 aromatic carbocycles. The monoisotopic (exact) mass is 424 g/mol. The zero-order valence-electron chi connectivity index (χ0n) is 18.1. The van der Waals surface area contributed by atoms with E-state index >= 15 is 0 Å². The molecule has 0 spiro atoms. The summed E-state index contributed by atoms with van der Waals surface area (Å²) < 4.78 is 2.04. The molecule has 1 aromatic heterocycles. The molecular weight excluding hydrogens is 396 g/mol. The van der Waals surface area contributed by atoms with Crippen molar-refractivity contribution in [2.24, 2.45) is 0 Å². The fourth-order valence-electron chi connectivity index (χ4n) is 4.72. The molecule has 1 aliphatic heterocycles. The number of rotatable bonds is 7. The fourth-order valence-corrected chi connectivity index (χ4v) is 4.72. The van der Waals surface area contributed by atoms with Gasteiger partial charge in [-0.2, -0.15) is 0 Å². The topological polar surface area (TPSA) is 58.9 Å². The summed E-state index contributed by atoms with van der Waals surface area (Å²) in [6, 6.07) is 31.7. The fraction of sp³-hybridized carbons (Fsp3) is 0.269. The van der Waals surface area contributed by atoms with Gasteiger partial charge in [-0.15, -0.1) is 5.10 Å². The van der Waals surface area contributed by atoms with Crippen LogP contribution in [0.2, 0.25) is 0 Å². The Hall–Kier alpha value is -3.35. The quantitative estimate of drug-likeness (QED) is 0.462. The predicted molar refractivity (Wildman–Crippen MR) is 125 cm³/mol. The van der Waals surface area contributed by atoms with Crippen LogP contribution in [-0.4, -0.2) is 57.8 Å². The number of benzene rings is 3. The van der Waals surface area contributed by atoms with Gasteiger partial charge in [0.2, 0.25) is 0 Å². The summed E-state index contributed by atoms with van der Waals surface area (Å²) in [6.07, 6.45) is 0.793. The van der Waals surface area contributed by atoms with E-state index in [0.29, 0.717) is 0 Å². The summed E-state index contributed by atoms with van der Waals surface area (Å²) in [5, 5.41) is 16.7. The van der Waals surface area contributed by atoms with Crippen molar-refractivity contribution in [1.29, 1.82) is 0 Å². The second-order valence-electron chi connectivity index (χ2n) is 8.16. The molecule has 0 unspecified atom stereocenters. The van der Waals surface area contributed by atoms with E-state index in [1.807, 2.05) is 4.68 Å². The highest BCUT2D eigenvalue weighted by Gasteiger charge is 2.41. The molecule has 0 saturated carbocycles. The number of nitrogens with zero attached hydrogens (tertiary/aromatic N) is 5. The molecule has 4 aromatic rings. The summed E-state index contributed by atoms with van der Waals surface area (Å²) in [7, 11) is 0. The minimum Gasteiger partial charge on any atom is -0.314 e. The number of aromatic nitrogens is 4. The van der Waals surface area contributed by atoms with Gasteiger partial charge in [0.1, 0.15) is 5.54 Å². The molecule has 6 heteroatoms. The molecule has 0 aliphatic carbocycles. The van der Waals surface area contributed by atoms with Crippen molar-refractivity contribution < 1.29 is 0 Å². The van der Waals surface area contributed by atoms with Crippen molar-refractivity contribution in [3.05, 3.63) is 114 Å². The van der Waals surface area contributed by atoms with Gasteiger partial charge in [-0.3, -0.25) is 0 Å². The van der Waals surface area contributed by atoms with Gasteiger partial charge in [0.05, 0.1) is 0 Å². The van der Waals surface area contributed by atoms with Gasteiger partial charge < -0.3 is 10.2 Å². The molecule has 6 nitrogen and oxygen atoms in total. The third kappa shape index (κ3) is 3.83. The number of piperazine rings is 1. The third-order valence-corrected chi connectivity index (χ3v) is 6.29. The first-order valence-corrected chi connectivity index (χ1v) is 11.3. The van der Waals surface area contributed by atoms with E-state index in [0.717, 1.165) is 61.7 Å². The average molecular weight is 425 g/mol. The van der Waals surface area contributed by atoms with Crippen LogP contribution >= 0.6 is 0 Å². The highest BCUT2D eigenvalue weighted by Crippen LogP contribution is 2.40.